The van der Waals surface area contributed by atoms with Crippen LogP contribution in [0.2, 0.25) is 0 Å². The van der Waals surface area contributed by atoms with Crippen molar-refractivity contribution in [3.63, 3.8) is 0 Å². The third-order valence-corrected chi connectivity index (χ3v) is 8.59. The van der Waals surface area contributed by atoms with Crippen molar-refractivity contribution in [2.75, 3.05) is 0 Å². The summed E-state index contributed by atoms with van der Waals surface area (Å²) in [5.41, 5.74) is 6.00. The van der Waals surface area contributed by atoms with Crippen LogP contribution in [0.4, 0.5) is 0 Å². The first-order valence-corrected chi connectivity index (χ1v) is 13.1. The van der Waals surface area contributed by atoms with Crippen LogP contribution >= 0.6 is 0 Å². The molecule has 0 heteroatoms. The van der Waals surface area contributed by atoms with E-state index in [1.54, 1.807) is 0 Å². The fourth-order valence-electron chi connectivity index (χ4n) is 7.15. The molecule has 0 saturated carbocycles. The Labute approximate surface area is 209 Å². The Morgan fingerprint density at radius 2 is 0.639 bits per heavy atom. The van der Waals surface area contributed by atoms with Gasteiger partial charge in [0.05, 0.1) is 0 Å². The van der Waals surface area contributed by atoms with E-state index in [4.69, 9.17) is 0 Å². The Morgan fingerprint density at radius 1 is 0.361 bits per heavy atom. The molecule has 4 aliphatic carbocycles. The molecule has 0 radical (unpaired) electrons. The summed E-state index contributed by atoms with van der Waals surface area (Å²) in [6.45, 7) is 0. The molecule has 0 atom stereocenters. The van der Waals surface area contributed by atoms with Crippen molar-refractivity contribution in [3.8, 4) is 0 Å². The van der Waals surface area contributed by atoms with Gasteiger partial charge in [-0.25, -0.2) is 0 Å². The predicted molar refractivity (Wildman–Crippen MR) is 149 cm³/mol. The van der Waals surface area contributed by atoms with Crippen molar-refractivity contribution in [2.24, 2.45) is 0 Å². The van der Waals surface area contributed by atoms with Crippen LogP contribution in [0.5, 0.6) is 0 Å². The van der Waals surface area contributed by atoms with Gasteiger partial charge < -0.3 is 0 Å². The molecule has 0 bridgehead atoms. The summed E-state index contributed by atoms with van der Waals surface area (Å²) < 4.78 is 0. The van der Waals surface area contributed by atoms with Gasteiger partial charge in [0.15, 0.2) is 0 Å². The Bertz CT molecular complexity index is 1800. The summed E-state index contributed by atoms with van der Waals surface area (Å²) >= 11 is 0. The molecule has 8 rings (SSSR count). The molecule has 0 heterocycles. The lowest BCUT2D eigenvalue weighted by Gasteiger charge is -2.20. The SMILES string of the molecule is C1=C\C=c2\cccc3c2=c2c(ccc/c2=C/1)C3CCC1c2ccc/c3c2=c2c1ccc/c2=C/C=C\C=3. The lowest BCUT2D eigenvalue weighted by molar-refractivity contribution is 0.619. The fourth-order valence-corrected chi connectivity index (χ4v) is 7.15. The van der Waals surface area contributed by atoms with Crippen molar-refractivity contribution in [1.82, 2.24) is 0 Å². The van der Waals surface area contributed by atoms with Gasteiger partial charge in [0.25, 0.3) is 0 Å². The number of hydrogen-bond acceptors (Lipinski definition) is 0. The summed E-state index contributed by atoms with van der Waals surface area (Å²) in [6.07, 6.45) is 20.1. The van der Waals surface area contributed by atoms with E-state index < -0.39 is 0 Å². The lowest BCUT2D eigenvalue weighted by Crippen LogP contribution is -2.09. The zero-order valence-electron chi connectivity index (χ0n) is 20.1. The second-order valence-corrected chi connectivity index (χ2v) is 10.4. The molecular weight excluding hydrogens is 432 g/mol. The van der Waals surface area contributed by atoms with Crippen LogP contribution < -0.4 is 20.9 Å². The molecule has 4 aliphatic rings. The second kappa shape index (κ2) is 7.67. The first-order chi connectivity index (χ1) is 17.9. The summed E-state index contributed by atoms with van der Waals surface area (Å²) in [6, 6.07) is 27.6. The average molecular weight is 459 g/mol. The summed E-state index contributed by atoms with van der Waals surface area (Å²) in [5, 5.41) is 11.2. The summed E-state index contributed by atoms with van der Waals surface area (Å²) in [7, 11) is 0. The molecular formula is C36H26. The van der Waals surface area contributed by atoms with Gasteiger partial charge in [-0.2, -0.15) is 0 Å². The molecule has 0 spiro atoms. The van der Waals surface area contributed by atoms with Gasteiger partial charge in [0, 0.05) is 11.8 Å². The monoisotopic (exact) mass is 458 g/mol. The van der Waals surface area contributed by atoms with Gasteiger partial charge in [-0.15, -0.1) is 0 Å². The number of benzene rings is 4. The minimum atomic E-state index is 0.434. The Kier molecular flexibility index (Phi) is 4.28. The Hall–Kier alpha value is -4.16. The maximum atomic E-state index is 2.37. The topological polar surface area (TPSA) is 0 Å². The minimum Gasteiger partial charge on any atom is -0.0616 e. The molecule has 0 fully saturated rings. The van der Waals surface area contributed by atoms with Crippen molar-refractivity contribution in [1.29, 1.82) is 0 Å². The van der Waals surface area contributed by atoms with E-state index in [0.717, 1.165) is 12.8 Å². The number of rotatable bonds is 3. The quantitative estimate of drug-likeness (QED) is 0.410. The van der Waals surface area contributed by atoms with Crippen LogP contribution in [0.25, 0.3) is 24.3 Å². The van der Waals surface area contributed by atoms with Gasteiger partial charge in [-0.05, 0) is 76.8 Å². The Morgan fingerprint density at radius 3 is 0.917 bits per heavy atom. The standard InChI is InChI=1S/C36H26/c1-2-10-24-14-6-18-30-27(29-17-5-13-23(9-1)33(29)34(24)30)21-22-28-31-19-7-15-25-11-3-4-12-26-16-8-20-32(28)36(26)35(25)31/h1-20,27-28H,21-22H2/b2-1-,4-3-,9-1?,10-2?,11-3?,12-4?,23-9-,24-10-,25-11-,26-12-. The van der Waals surface area contributed by atoms with Crippen molar-refractivity contribution >= 4 is 24.3 Å². The normalized spacial score (nSPS) is 21.4. The van der Waals surface area contributed by atoms with Gasteiger partial charge in [0.2, 0.25) is 0 Å². The van der Waals surface area contributed by atoms with Gasteiger partial charge in [0.1, 0.15) is 0 Å². The second-order valence-electron chi connectivity index (χ2n) is 10.4. The van der Waals surface area contributed by atoms with E-state index in [0.29, 0.717) is 11.8 Å². The van der Waals surface area contributed by atoms with Crippen LogP contribution in [-0.2, 0) is 0 Å². The van der Waals surface area contributed by atoms with Crippen LogP contribution in [0.3, 0.4) is 0 Å². The fraction of sp³-hybridized carbons (Fsp3) is 0.111. The summed E-state index contributed by atoms with van der Waals surface area (Å²) in [5.74, 6) is 0.869. The van der Waals surface area contributed by atoms with E-state index in [1.165, 1.54) is 64.0 Å². The molecule has 0 aromatic heterocycles. The van der Waals surface area contributed by atoms with Crippen molar-refractivity contribution in [3.05, 3.63) is 161 Å². The highest BCUT2D eigenvalue weighted by atomic mass is 14.3. The van der Waals surface area contributed by atoms with Gasteiger partial charge in [-0.1, -0.05) is 121 Å². The first-order valence-electron chi connectivity index (χ1n) is 13.1. The maximum absolute atomic E-state index is 2.37. The molecule has 0 saturated heterocycles. The largest absolute Gasteiger partial charge is 0.0616 e. The smallest absolute Gasteiger partial charge is 0.0102 e. The molecule has 0 unspecified atom stereocenters. The highest BCUT2D eigenvalue weighted by Crippen LogP contribution is 2.40. The lowest BCUT2D eigenvalue weighted by atomic mass is 9.84. The van der Waals surface area contributed by atoms with Crippen LogP contribution in [0, 0.1) is 20.9 Å². The number of allylic oxidation sites excluding steroid dienone is 4. The van der Waals surface area contributed by atoms with E-state index in [1.807, 2.05) is 0 Å². The molecule has 0 nitrogen and oxygen atoms in total. The maximum Gasteiger partial charge on any atom is 0.0102 e. The van der Waals surface area contributed by atoms with Gasteiger partial charge in [-0.3, -0.25) is 0 Å². The van der Waals surface area contributed by atoms with Crippen LogP contribution in [0.15, 0.2) is 97.1 Å². The summed E-state index contributed by atoms with van der Waals surface area (Å²) in [4.78, 5) is 0. The molecule has 36 heavy (non-hydrogen) atoms. The van der Waals surface area contributed by atoms with Gasteiger partial charge >= 0.3 is 0 Å². The van der Waals surface area contributed by atoms with Crippen molar-refractivity contribution in [2.45, 2.75) is 24.7 Å². The molecule has 170 valence electrons. The van der Waals surface area contributed by atoms with E-state index in [2.05, 4.69) is 121 Å². The van der Waals surface area contributed by atoms with Crippen molar-refractivity contribution < 1.29 is 0 Å². The predicted octanol–water partition coefficient (Wildman–Crippen LogP) is 4.89. The van der Waals surface area contributed by atoms with E-state index in [-0.39, 0.29) is 0 Å². The minimum absolute atomic E-state index is 0.434. The molecule has 0 N–H and O–H groups in total. The van der Waals surface area contributed by atoms with E-state index >= 15 is 0 Å². The molecule has 0 amide bonds. The zero-order valence-corrected chi connectivity index (χ0v) is 20.1. The van der Waals surface area contributed by atoms with Crippen LogP contribution in [-0.4, -0.2) is 0 Å². The Balaban J connectivity index is 1.29. The molecule has 4 aromatic rings. The average Bonchev–Trinajstić information content (AvgIpc) is 3.39. The third kappa shape index (κ3) is 2.76. The van der Waals surface area contributed by atoms with Crippen LogP contribution in [0.1, 0.15) is 46.9 Å². The highest BCUT2D eigenvalue weighted by Gasteiger charge is 2.28. The zero-order chi connectivity index (χ0) is 23.6. The molecule has 4 aromatic carbocycles. The van der Waals surface area contributed by atoms with E-state index in [9.17, 15) is 0 Å². The number of hydrogen-bond donors (Lipinski definition) is 0. The third-order valence-electron chi connectivity index (χ3n) is 8.59. The highest BCUT2D eigenvalue weighted by molar-refractivity contribution is 5.56. The molecule has 0 aliphatic heterocycles. The first kappa shape index (κ1) is 20.1.